The zero-order chi connectivity index (χ0) is 20.4. The normalized spacial score (nSPS) is 35.4. The van der Waals surface area contributed by atoms with Gasteiger partial charge in [-0.2, -0.15) is 0 Å². The summed E-state index contributed by atoms with van der Waals surface area (Å²) in [7, 11) is 2.10. The summed E-state index contributed by atoms with van der Waals surface area (Å²) in [6.45, 7) is 6.77. The van der Waals surface area contributed by atoms with Crippen molar-refractivity contribution in [3.63, 3.8) is 0 Å². The second kappa shape index (κ2) is 8.93. The Morgan fingerprint density at radius 2 is 1.41 bits per heavy atom. The molecule has 4 saturated carbocycles. The monoisotopic (exact) mass is 406 g/mol. The van der Waals surface area contributed by atoms with Crippen LogP contribution in [0.3, 0.4) is 0 Å². The Morgan fingerprint density at radius 1 is 0.897 bits per heavy atom. The summed E-state index contributed by atoms with van der Waals surface area (Å²) in [4.78, 5) is 29.0. The molecule has 5 fully saturated rings. The zero-order valence-corrected chi connectivity index (χ0v) is 18.2. The Kier molecular flexibility index (Phi) is 6.50. The Labute approximate surface area is 175 Å². The van der Waals surface area contributed by atoms with Crippen LogP contribution < -0.4 is 0 Å². The van der Waals surface area contributed by atoms with E-state index in [4.69, 9.17) is 9.47 Å². The van der Waals surface area contributed by atoms with Crippen molar-refractivity contribution in [1.82, 2.24) is 9.80 Å². The summed E-state index contributed by atoms with van der Waals surface area (Å²) >= 11 is 0. The summed E-state index contributed by atoms with van der Waals surface area (Å²) in [6, 6.07) is 0. The number of esters is 2. The van der Waals surface area contributed by atoms with E-state index in [2.05, 4.69) is 16.8 Å². The molecule has 0 aromatic heterocycles. The quantitative estimate of drug-likeness (QED) is 0.578. The lowest BCUT2D eigenvalue weighted by Gasteiger charge is -2.56. The lowest BCUT2D eigenvalue weighted by atomic mass is 9.49. The Hall–Kier alpha value is -1.14. The molecule has 0 aromatic rings. The third-order valence-electron chi connectivity index (χ3n) is 7.69. The third-order valence-corrected chi connectivity index (χ3v) is 7.69. The molecule has 164 valence electrons. The summed E-state index contributed by atoms with van der Waals surface area (Å²) < 4.78 is 11.0. The molecule has 0 amide bonds. The molecule has 0 aromatic carbocycles. The summed E-state index contributed by atoms with van der Waals surface area (Å²) in [5.74, 6) is 2.36. The summed E-state index contributed by atoms with van der Waals surface area (Å²) in [5.41, 5.74) is 0.226. The van der Waals surface area contributed by atoms with Crippen molar-refractivity contribution in [2.45, 2.75) is 51.9 Å². The van der Waals surface area contributed by atoms with E-state index in [0.29, 0.717) is 26.2 Å². The van der Waals surface area contributed by atoms with E-state index < -0.39 is 0 Å². The first-order valence-electron chi connectivity index (χ1n) is 11.6. The van der Waals surface area contributed by atoms with E-state index in [-0.39, 0.29) is 23.3 Å². The van der Waals surface area contributed by atoms with Gasteiger partial charge in [0.05, 0.1) is 26.2 Å². The summed E-state index contributed by atoms with van der Waals surface area (Å²) in [5, 5.41) is 0. The fraction of sp³-hybridized carbons (Fsp3) is 0.913. The first-order valence-corrected chi connectivity index (χ1v) is 11.6. The number of piperazine rings is 1. The third kappa shape index (κ3) is 5.52. The van der Waals surface area contributed by atoms with Crippen LogP contribution in [-0.4, -0.2) is 74.7 Å². The molecular formula is C23H38N2O4. The van der Waals surface area contributed by atoms with Gasteiger partial charge in [-0.15, -0.1) is 0 Å². The van der Waals surface area contributed by atoms with E-state index in [1.165, 1.54) is 38.5 Å². The van der Waals surface area contributed by atoms with Crippen LogP contribution in [0.1, 0.15) is 51.9 Å². The van der Waals surface area contributed by atoms with Gasteiger partial charge in [-0.1, -0.05) is 6.92 Å². The van der Waals surface area contributed by atoms with Gasteiger partial charge >= 0.3 is 11.9 Å². The van der Waals surface area contributed by atoms with Gasteiger partial charge in [-0.25, -0.2) is 0 Å². The van der Waals surface area contributed by atoms with Gasteiger partial charge in [-0.3, -0.25) is 14.5 Å². The largest absolute Gasteiger partial charge is 0.465 e. The SMILES string of the molecule is CC(COC(=O)CN1CCN(C)CC1)COC(=O)CC12CC3CC(CC(C3)C1)C2. The van der Waals surface area contributed by atoms with Crippen LogP contribution in [0.5, 0.6) is 0 Å². The van der Waals surface area contributed by atoms with Crippen molar-refractivity contribution < 1.29 is 19.1 Å². The molecule has 5 aliphatic rings. The highest BCUT2D eigenvalue weighted by Crippen LogP contribution is 2.61. The van der Waals surface area contributed by atoms with Crippen LogP contribution in [0.15, 0.2) is 0 Å². The molecule has 4 aliphatic carbocycles. The lowest BCUT2D eigenvalue weighted by Crippen LogP contribution is -2.47. The second-order valence-electron chi connectivity index (χ2n) is 10.6. The molecular weight excluding hydrogens is 368 g/mol. The predicted molar refractivity (Wildman–Crippen MR) is 110 cm³/mol. The molecule has 1 atom stereocenters. The molecule has 1 saturated heterocycles. The van der Waals surface area contributed by atoms with E-state index in [0.717, 1.165) is 43.9 Å². The predicted octanol–water partition coefficient (Wildman–Crippen LogP) is 2.56. The molecule has 0 spiro atoms. The van der Waals surface area contributed by atoms with Gasteiger partial charge in [0.15, 0.2) is 0 Å². The maximum atomic E-state index is 12.5. The van der Waals surface area contributed by atoms with Gasteiger partial charge in [-0.05, 0) is 68.7 Å². The Bertz CT molecular complexity index is 564. The average Bonchev–Trinajstić information content (AvgIpc) is 2.65. The highest BCUT2D eigenvalue weighted by atomic mass is 16.5. The minimum atomic E-state index is -0.179. The van der Waals surface area contributed by atoms with Crippen LogP contribution in [0.2, 0.25) is 0 Å². The number of nitrogens with zero attached hydrogens (tertiary/aromatic N) is 2. The number of likely N-dealkylation sites (N-methyl/N-ethyl adjacent to an activating group) is 1. The number of hydrogen-bond donors (Lipinski definition) is 0. The highest BCUT2D eigenvalue weighted by molar-refractivity contribution is 5.71. The molecule has 29 heavy (non-hydrogen) atoms. The second-order valence-corrected chi connectivity index (χ2v) is 10.6. The van der Waals surface area contributed by atoms with Crippen molar-refractivity contribution >= 4 is 11.9 Å². The molecule has 6 nitrogen and oxygen atoms in total. The van der Waals surface area contributed by atoms with E-state index in [1.54, 1.807) is 0 Å². The van der Waals surface area contributed by atoms with E-state index >= 15 is 0 Å². The first kappa shape index (κ1) is 21.1. The lowest BCUT2D eigenvalue weighted by molar-refractivity contribution is -0.154. The zero-order valence-electron chi connectivity index (χ0n) is 18.2. The van der Waals surface area contributed by atoms with Crippen molar-refractivity contribution in [3.05, 3.63) is 0 Å². The molecule has 0 N–H and O–H groups in total. The van der Waals surface area contributed by atoms with Crippen molar-refractivity contribution in [3.8, 4) is 0 Å². The number of carbonyl (C=O) groups is 2. The van der Waals surface area contributed by atoms with Gasteiger partial charge < -0.3 is 14.4 Å². The van der Waals surface area contributed by atoms with Crippen molar-refractivity contribution in [2.24, 2.45) is 29.1 Å². The topological polar surface area (TPSA) is 59.1 Å². The van der Waals surface area contributed by atoms with E-state index in [1.807, 2.05) is 6.92 Å². The number of hydrogen-bond acceptors (Lipinski definition) is 6. The molecule has 0 radical (unpaired) electrons. The maximum absolute atomic E-state index is 12.5. The summed E-state index contributed by atoms with van der Waals surface area (Å²) in [6.07, 6.45) is 8.46. The van der Waals surface area contributed by atoms with Gasteiger partial charge in [0.25, 0.3) is 0 Å². The van der Waals surface area contributed by atoms with Crippen LogP contribution in [0.4, 0.5) is 0 Å². The Balaban J connectivity index is 1.12. The first-order chi connectivity index (χ1) is 13.9. The number of carbonyl (C=O) groups excluding carboxylic acids is 2. The van der Waals surface area contributed by atoms with Crippen LogP contribution in [0.25, 0.3) is 0 Å². The molecule has 4 bridgehead atoms. The highest BCUT2D eigenvalue weighted by Gasteiger charge is 2.51. The molecule has 1 heterocycles. The van der Waals surface area contributed by atoms with E-state index in [9.17, 15) is 9.59 Å². The fourth-order valence-electron chi connectivity index (χ4n) is 6.62. The van der Waals surface area contributed by atoms with Gasteiger partial charge in [0.1, 0.15) is 0 Å². The standard InChI is InChI=1S/C23H38N2O4/c1-17(16-29-22(27)14-25-5-3-24(2)4-6-25)15-28-21(26)13-23-10-18-7-19(11-23)9-20(8-18)12-23/h17-20H,3-16H2,1-2H3. The minimum Gasteiger partial charge on any atom is -0.465 e. The number of rotatable bonds is 8. The van der Waals surface area contributed by atoms with Crippen molar-refractivity contribution in [1.29, 1.82) is 0 Å². The van der Waals surface area contributed by atoms with Crippen LogP contribution in [-0.2, 0) is 19.1 Å². The van der Waals surface area contributed by atoms with Crippen molar-refractivity contribution in [2.75, 3.05) is 53.0 Å². The fourth-order valence-corrected chi connectivity index (χ4v) is 6.62. The van der Waals surface area contributed by atoms with Crippen LogP contribution in [0, 0.1) is 29.1 Å². The molecule has 6 heteroatoms. The maximum Gasteiger partial charge on any atom is 0.320 e. The van der Waals surface area contributed by atoms with Gasteiger partial charge in [0.2, 0.25) is 0 Å². The average molecular weight is 407 g/mol. The molecule has 5 rings (SSSR count). The van der Waals surface area contributed by atoms with Crippen LogP contribution >= 0.6 is 0 Å². The minimum absolute atomic E-state index is 0.0340. The molecule has 1 aliphatic heterocycles. The number of ether oxygens (including phenoxy) is 2. The molecule has 1 unspecified atom stereocenters. The van der Waals surface area contributed by atoms with Gasteiger partial charge in [0, 0.05) is 32.1 Å². The Morgan fingerprint density at radius 3 is 1.97 bits per heavy atom. The smallest absolute Gasteiger partial charge is 0.320 e.